The highest BCUT2D eigenvalue weighted by molar-refractivity contribution is 5.36. The number of benzene rings is 1. The number of hydrogen-bond acceptors (Lipinski definition) is 2. The van der Waals surface area contributed by atoms with Crippen LogP contribution in [0.1, 0.15) is 56.4 Å². The molecule has 1 aliphatic heterocycles. The first-order chi connectivity index (χ1) is 10.8. The van der Waals surface area contributed by atoms with Crippen molar-refractivity contribution >= 4 is 0 Å². The molecule has 120 valence electrons. The lowest BCUT2D eigenvalue weighted by atomic mass is 9.81. The quantitative estimate of drug-likeness (QED) is 0.817. The van der Waals surface area contributed by atoms with Gasteiger partial charge in [-0.1, -0.05) is 24.6 Å². The summed E-state index contributed by atoms with van der Waals surface area (Å²) in [4.78, 5) is 2.83. The van der Waals surface area contributed by atoms with Crippen LogP contribution >= 0.6 is 0 Å². The number of para-hydroxylation sites is 1. The molecule has 22 heavy (non-hydrogen) atoms. The number of hydrogen-bond donors (Lipinski definition) is 0. The molecule has 2 saturated carbocycles. The predicted molar refractivity (Wildman–Crippen MR) is 90.4 cm³/mol. The summed E-state index contributed by atoms with van der Waals surface area (Å²) in [6.45, 7) is 2.57. The number of piperidine rings is 1. The van der Waals surface area contributed by atoms with Crippen molar-refractivity contribution in [1.82, 2.24) is 4.90 Å². The molecule has 1 saturated heterocycles. The van der Waals surface area contributed by atoms with Crippen LogP contribution in [0, 0.1) is 11.8 Å². The second kappa shape index (κ2) is 6.23. The SMILES string of the molecule is COc1ccccc1C1CCN([C@@H]2CC[C@H]3CC[C@H]2C3)CC1. The van der Waals surface area contributed by atoms with Gasteiger partial charge in [-0.3, -0.25) is 0 Å². The largest absolute Gasteiger partial charge is 0.496 e. The Balaban J connectivity index is 1.40. The van der Waals surface area contributed by atoms with Gasteiger partial charge < -0.3 is 9.64 Å². The van der Waals surface area contributed by atoms with Gasteiger partial charge in [0.1, 0.15) is 5.75 Å². The monoisotopic (exact) mass is 299 g/mol. The van der Waals surface area contributed by atoms with Crippen LogP contribution in [0.2, 0.25) is 0 Å². The molecular formula is C20H29NO. The lowest BCUT2D eigenvalue weighted by Gasteiger charge is -2.42. The number of rotatable bonds is 3. The zero-order valence-electron chi connectivity index (χ0n) is 13.8. The number of nitrogens with zero attached hydrogens (tertiary/aromatic N) is 1. The number of fused-ring (bicyclic) bond motifs is 2. The smallest absolute Gasteiger partial charge is 0.122 e. The molecule has 1 aromatic rings. The molecule has 3 fully saturated rings. The van der Waals surface area contributed by atoms with Gasteiger partial charge in [0.05, 0.1) is 7.11 Å². The van der Waals surface area contributed by atoms with E-state index in [0.717, 1.165) is 23.6 Å². The van der Waals surface area contributed by atoms with Crippen LogP contribution in [0.5, 0.6) is 5.75 Å². The Bertz CT molecular complexity index is 506. The molecule has 0 unspecified atom stereocenters. The van der Waals surface area contributed by atoms with E-state index in [1.54, 1.807) is 7.11 Å². The van der Waals surface area contributed by atoms with Gasteiger partial charge in [0.15, 0.2) is 0 Å². The van der Waals surface area contributed by atoms with Crippen molar-refractivity contribution in [2.24, 2.45) is 11.8 Å². The molecule has 4 rings (SSSR count). The molecule has 0 radical (unpaired) electrons. The summed E-state index contributed by atoms with van der Waals surface area (Å²) in [7, 11) is 1.80. The first-order valence-electron chi connectivity index (χ1n) is 9.22. The van der Waals surface area contributed by atoms with Crippen molar-refractivity contribution in [3.63, 3.8) is 0 Å². The van der Waals surface area contributed by atoms with Gasteiger partial charge in [-0.25, -0.2) is 0 Å². The summed E-state index contributed by atoms with van der Waals surface area (Å²) < 4.78 is 5.57. The average Bonchev–Trinajstić information content (AvgIpc) is 2.96. The lowest BCUT2D eigenvalue weighted by molar-refractivity contribution is 0.0837. The first-order valence-corrected chi connectivity index (χ1v) is 9.22. The maximum absolute atomic E-state index is 5.57. The fourth-order valence-electron chi connectivity index (χ4n) is 5.39. The van der Waals surface area contributed by atoms with Crippen molar-refractivity contribution < 1.29 is 4.74 Å². The summed E-state index contributed by atoms with van der Waals surface area (Å²) in [5.41, 5.74) is 1.43. The van der Waals surface area contributed by atoms with Crippen LogP contribution in [0.15, 0.2) is 24.3 Å². The van der Waals surface area contributed by atoms with Crippen LogP contribution in [-0.2, 0) is 0 Å². The fourth-order valence-corrected chi connectivity index (χ4v) is 5.39. The van der Waals surface area contributed by atoms with Crippen LogP contribution in [0.3, 0.4) is 0 Å². The van der Waals surface area contributed by atoms with Crippen molar-refractivity contribution in [1.29, 1.82) is 0 Å². The van der Waals surface area contributed by atoms with E-state index >= 15 is 0 Å². The molecule has 1 aromatic carbocycles. The lowest BCUT2D eigenvalue weighted by Crippen LogP contribution is -2.45. The van der Waals surface area contributed by atoms with E-state index in [1.807, 2.05) is 0 Å². The topological polar surface area (TPSA) is 12.5 Å². The fraction of sp³-hybridized carbons (Fsp3) is 0.700. The Kier molecular flexibility index (Phi) is 4.13. The summed E-state index contributed by atoms with van der Waals surface area (Å²) in [5, 5.41) is 0. The molecule has 0 N–H and O–H groups in total. The molecule has 3 aliphatic rings. The average molecular weight is 299 g/mol. The molecule has 3 atom stereocenters. The van der Waals surface area contributed by atoms with Crippen LogP contribution in [0.25, 0.3) is 0 Å². The molecule has 2 heteroatoms. The number of likely N-dealkylation sites (tertiary alicyclic amines) is 1. The van der Waals surface area contributed by atoms with E-state index in [0.29, 0.717) is 5.92 Å². The van der Waals surface area contributed by atoms with Crippen LogP contribution < -0.4 is 4.74 Å². The summed E-state index contributed by atoms with van der Waals surface area (Å²) in [6.07, 6.45) is 10.1. The minimum Gasteiger partial charge on any atom is -0.496 e. The van der Waals surface area contributed by atoms with Gasteiger partial charge in [0, 0.05) is 6.04 Å². The summed E-state index contributed by atoms with van der Waals surface area (Å²) in [6, 6.07) is 9.51. The molecule has 2 bridgehead atoms. The Labute approximate surface area is 134 Å². The molecule has 2 nitrogen and oxygen atoms in total. The maximum atomic E-state index is 5.57. The maximum Gasteiger partial charge on any atom is 0.122 e. The summed E-state index contributed by atoms with van der Waals surface area (Å²) >= 11 is 0. The Morgan fingerprint density at radius 3 is 2.55 bits per heavy atom. The Morgan fingerprint density at radius 1 is 0.955 bits per heavy atom. The zero-order chi connectivity index (χ0) is 14.9. The summed E-state index contributed by atoms with van der Waals surface area (Å²) in [5.74, 6) is 3.86. The molecule has 0 aromatic heterocycles. The highest BCUT2D eigenvalue weighted by atomic mass is 16.5. The van der Waals surface area contributed by atoms with E-state index in [2.05, 4.69) is 29.2 Å². The first kappa shape index (κ1) is 14.6. The van der Waals surface area contributed by atoms with Gasteiger partial charge in [0.2, 0.25) is 0 Å². The van der Waals surface area contributed by atoms with Gasteiger partial charge in [-0.2, -0.15) is 0 Å². The predicted octanol–water partition coefficient (Wildman–Crippen LogP) is 4.45. The van der Waals surface area contributed by atoms with E-state index < -0.39 is 0 Å². The second-order valence-electron chi connectivity index (χ2n) is 7.64. The number of ether oxygens (including phenoxy) is 1. The van der Waals surface area contributed by atoms with Gasteiger partial charge >= 0.3 is 0 Å². The van der Waals surface area contributed by atoms with Gasteiger partial charge in [-0.15, -0.1) is 0 Å². The molecule has 2 aliphatic carbocycles. The van der Waals surface area contributed by atoms with E-state index in [9.17, 15) is 0 Å². The van der Waals surface area contributed by atoms with Crippen molar-refractivity contribution in [2.75, 3.05) is 20.2 Å². The van der Waals surface area contributed by atoms with Crippen LogP contribution in [0.4, 0.5) is 0 Å². The van der Waals surface area contributed by atoms with Gasteiger partial charge in [-0.05, 0) is 81.0 Å². The zero-order valence-corrected chi connectivity index (χ0v) is 13.8. The highest BCUT2D eigenvalue weighted by Crippen LogP contribution is 2.45. The Hall–Kier alpha value is -1.02. The second-order valence-corrected chi connectivity index (χ2v) is 7.64. The third-order valence-corrected chi connectivity index (χ3v) is 6.57. The van der Waals surface area contributed by atoms with Gasteiger partial charge in [0.25, 0.3) is 0 Å². The third-order valence-electron chi connectivity index (χ3n) is 6.57. The van der Waals surface area contributed by atoms with Crippen LogP contribution in [-0.4, -0.2) is 31.1 Å². The normalized spacial score (nSPS) is 33.0. The highest BCUT2D eigenvalue weighted by Gasteiger charge is 2.39. The minimum absolute atomic E-state index is 0.687. The van der Waals surface area contributed by atoms with E-state index in [4.69, 9.17) is 4.74 Å². The molecule has 0 spiro atoms. The molecular weight excluding hydrogens is 270 g/mol. The molecule has 0 amide bonds. The van der Waals surface area contributed by atoms with E-state index in [-0.39, 0.29) is 0 Å². The van der Waals surface area contributed by atoms with Crippen molar-refractivity contribution in [3.8, 4) is 5.75 Å². The minimum atomic E-state index is 0.687. The van der Waals surface area contributed by atoms with Crippen molar-refractivity contribution in [3.05, 3.63) is 29.8 Å². The Morgan fingerprint density at radius 2 is 1.73 bits per heavy atom. The molecule has 1 heterocycles. The number of methoxy groups -OCH3 is 1. The van der Waals surface area contributed by atoms with E-state index in [1.165, 1.54) is 63.6 Å². The van der Waals surface area contributed by atoms with Crippen molar-refractivity contribution in [2.45, 2.75) is 56.9 Å². The standard InChI is InChI=1S/C20H29NO/c1-22-20-5-3-2-4-18(20)16-10-12-21(13-11-16)19-9-7-15-6-8-17(19)14-15/h2-5,15-17,19H,6-14H2,1H3/t15-,17+,19-/m1/s1. The third kappa shape index (κ3) is 2.67.